The Hall–Kier alpha value is -1.60. The van der Waals surface area contributed by atoms with Gasteiger partial charge in [0.25, 0.3) is 0 Å². The lowest BCUT2D eigenvalue weighted by atomic mass is 10.2. The molecule has 1 saturated carbocycles. The number of rotatable bonds is 9. The maximum Gasteiger partial charge on any atom is 0.225 e. The number of amides is 1. The molecule has 1 fully saturated rings. The Kier molecular flexibility index (Phi) is 6.23. The number of nitrogens with zero attached hydrogens (tertiary/aromatic N) is 2. The highest BCUT2D eigenvalue weighted by Gasteiger charge is 2.34. The van der Waals surface area contributed by atoms with Gasteiger partial charge < -0.3 is 10.2 Å². The van der Waals surface area contributed by atoms with Crippen molar-refractivity contribution in [2.75, 3.05) is 36.1 Å². The Balaban J connectivity index is 1.88. The maximum absolute atomic E-state index is 12.1. The fourth-order valence-electron chi connectivity index (χ4n) is 2.76. The van der Waals surface area contributed by atoms with Crippen LogP contribution in [0.1, 0.15) is 33.1 Å². The Morgan fingerprint density at radius 1 is 1.17 bits per heavy atom. The molecule has 1 aromatic carbocycles. The van der Waals surface area contributed by atoms with E-state index in [1.807, 2.05) is 24.3 Å². The smallest absolute Gasteiger partial charge is 0.225 e. The minimum atomic E-state index is -3.24. The maximum atomic E-state index is 12.1. The van der Waals surface area contributed by atoms with E-state index < -0.39 is 10.0 Å². The molecule has 6 nitrogen and oxygen atoms in total. The molecule has 24 heavy (non-hydrogen) atoms. The van der Waals surface area contributed by atoms with E-state index in [2.05, 4.69) is 24.1 Å². The predicted octanol–water partition coefficient (Wildman–Crippen LogP) is 2.29. The van der Waals surface area contributed by atoms with Crippen molar-refractivity contribution in [1.29, 1.82) is 0 Å². The van der Waals surface area contributed by atoms with Crippen molar-refractivity contribution in [3.8, 4) is 0 Å². The lowest BCUT2D eigenvalue weighted by molar-refractivity contribution is -0.116. The van der Waals surface area contributed by atoms with Crippen LogP contribution in [0.5, 0.6) is 0 Å². The molecule has 2 rings (SSSR count). The first-order valence-corrected chi connectivity index (χ1v) is 10.3. The summed E-state index contributed by atoms with van der Waals surface area (Å²) < 4.78 is 24.9. The molecule has 1 aliphatic rings. The first-order chi connectivity index (χ1) is 11.3. The van der Waals surface area contributed by atoms with Crippen molar-refractivity contribution in [1.82, 2.24) is 4.31 Å². The van der Waals surface area contributed by atoms with E-state index in [9.17, 15) is 13.2 Å². The molecule has 0 bridgehead atoms. The molecular weight excluding hydrogens is 326 g/mol. The summed E-state index contributed by atoms with van der Waals surface area (Å²) in [6, 6.07) is 7.80. The molecule has 1 aromatic rings. The second-order valence-electron chi connectivity index (χ2n) is 6.12. The van der Waals surface area contributed by atoms with Crippen LogP contribution in [-0.4, -0.2) is 50.6 Å². The van der Waals surface area contributed by atoms with Gasteiger partial charge in [0, 0.05) is 43.5 Å². The summed E-state index contributed by atoms with van der Waals surface area (Å²) in [6.07, 6.45) is 3.15. The number of hydrogen-bond donors (Lipinski definition) is 1. The van der Waals surface area contributed by atoms with Crippen LogP contribution >= 0.6 is 0 Å². The topological polar surface area (TPSA) is 69.7 Å². The lowest BCUT2D eigenvalue weighted by Crippen LogP contribution is -2.34. The quantitative estimate of drug-likeness (QED) is 0.739. The molecule has 1 aliphatic carbocycles. The zero-order valence-corrected chi connectivity index (χ0v) is 15.5. The normalized spacial score (nSPS) is 14.7. The predicted molar refractivity (Wildman–Crippen MR) is 97.8 cm³/mol. The summed E-state index contributed by atoms with van der Waals surface area (Å²) in [4.78, 5) is 14.3. The summed E-state index contributed by atoms with van der Waals surface area (Å²) in [5.74, 6) is -0.167. The molecule has 1 N–H and O–H groups in total. The molecule has 1 amide bonds. The van der Waals surface area contributed by atoms with Gasteiger partial charge in [-0.15, -0.1) is 0 Å². The summed E-state index contributed by atoms with van der Waals surface area (Å²) >= 11 is 0. The van der Waals surface area contributed by atoms with Gasteiger partial charge in [0.15, 0.2) is 0 Å². The molecule has 0 atom stereocenters. The van der Waals surface area contributed by atoms with Crippen LogP contribution in [0.4, 0.5) is 11.4 Å². The van der Waals surface area contributed by atoms with Gasteiger partial charge in [-0.2, -0.15) is 4.31 Å². The third kappa shape index (κ3) is 5.21. The molecule has 0 radical (unpaired) electrons. The van der Waals surface area contributed by atoms with Crippen molar-refractivity contribution >= 4 is 27.3 Å². The fraction of sp³-hybridized carbons (Fsp3) is 0.588. The van der Waals surface area contributed by atoms with Crippen LogP contribution in [-0.2, 0) is 14.8 Å². The monoisotopic (exact) mass is 353 g/mol. The number of carbonyl (C=O) groups excluding carboxylic acids is 1. The zero-order chi connectivity index (χ0) is 17.7. The van der Waals surface area contributed by atoms with E-state index in [0.717, 1.165) is 37.3 Å². The number of anilines is 2. The van der Waals surface area contributed by atoms with Crippen LogP contribution in [0.2, 0.25) is 0 Å². The average Bonchev–Trinajstić information content (AvgIpc) is 3.34. The summed E-state index contributed by atoms with van der Waals surface area (Å²) in [6.45, 7) is 6.32. The Bertz CT molecular complexity index is 650. The summed E-state index contributed by atoms with van der Waals surface area (Å²) in [5, 5.41) is 2.83. The van der Waals surface area contributed by atoms with Crippen molar-refractivity contribution in [3.05, 3.63) is 24.3 Å². The van der Waals surface area contributed by atoms with Gasteiger partial charge in [0.2, 0.25) is 15.9 Å². The number of carbonyl (C=O) groups is 1. The van der Waals surface area contributed by atoms with Crippen LogP contribution < -0.4 is 10.2 Å². The molecule has 0 spiro atoms. The molecule has 0 aromatic heterocycles. The first kappa shape index (κ1) is 18.7. The zero-order valence-electron chi connectivity index (χ0n) is 14.7. The molecule has 7 heteroatoms. The summed E-state index contributed by atoms with van der Waals surface area (Å²) in [5.41, 5.74) is 1.85. The van der Waals surface area contributed by atoms with Crippen molar-refractivity contribution in [3.63, 3.8) is 0 Å². The van der Waals surface area contributed by atoms with Crippen LogP contribution in [0, 0.1) is 0 Å². The van der Waals surface area contributed by atoms with E-state index in [0.29, 0.717) is 0 Å². The SMILES string of the molecule is CCN(CC)c1ccc(NC(=O)CCN(C2CC2)S(C)(=O)=O)cc1. The third-order valence-corrected chi connectivity index (χ3v) is 5.55. The van der Waals surface area contributed by atoms with Gasteiger partial charge in [0.05, 0.1) is 6.26 Å². The second kappa shape index (κ2) is 7.98. The minimum absolute atomic E-state index is 0.0844. The van der Waals surface area contributed by atoms with Gasteiger partial charge >= 0.3 is 0 Å². The molecule has 0 saturated heterocycles. The molecule has 134 valence electrons. The van der Waals surface area contributed by atoms with Crippen LogP contribution in [0.3, 0.4) is 0 Å². The van der Waals surface area contributed by atoms with Crippen molar-refractivity contribution < 1.29 is 13.2 Å². The number of nitrogens with one attached hydrogen (secondary N) is 1. The minimum Gasteiger partial charge on any atom is -0.372 e. The van der Waals surface area contributed by atoms with Crippen molar-refractivity contribution in [2.24, 2.45) is 0 Å². The average molecular weight is 353 g/mol. The Morgan fingerprint density at radius 2 is 1.75 bits per heavy atom. The molecular formula is C17H27N3O3S. The van der Waals surface area contributed by atoms with Gasteiger partial charge in [0.1, 0.15) is 0 Å². The van der Waals surface area contributed by atoms with Crippen LogP contribution in [0.15, 0.2) is 24.3 Å². The van der Waals surface area contributed by atoms with Gasteiger partial charge in [-0.3, -0.25) is 4.79 Å². The fourth-order valence-corrected chi connectivity index (χ4v) is 3.94. The highest BCUT2D eigenvalue weighted by atomic mass is 32.2. The van der Waals surface area contributed by atoms with E-state index in [1.54, 1.807) is 0 Å². The van der Waals surface area contributed by atoms with Crippen molar-refractivity contribution in [2.45, 2.75) is 39.2 Å². The first-order valence-electron chi connectivity index (χ1n) is 8.46. The largest absolute Gasteiger partial charge is 0.372 e. The molecule has 0 aliphatic heterocycles. The Morgan fingerprint density at radius 3 is 2.21 bits per heavy atom. The van der Waals surface area contributed by atoms with Gasteiger partial charge in [-0.05, 0) is 51.0 Å². The third-order valence-electron chi connectivity index (χ3n) is 4.22. The van der Waals surface area contributed by atoms with Crippen LogP contribution in [0.25, 0.3) is 0 Å². The number of hydrogen-bond acceptors (Lipinski definition) is 4. The van der Waals surface area contributed by atoms with Gasteiger partial charge in [-0.25, -0.2) is 8.42 Å². The van der Waals surface area contributed by atoms with Gasteiger partial charge in [-0.1, -0.05) is 0 Å². The highest BCUT2D eigenvalue weighted by Crippen LogP contribution is 2.29. The van der Waals surface area contributed by atoms with E-state index in [-0.39, 0.29) is 24.9 Å². The number of sulfonamides is 1. The second-order valence-corrected chi connectivity index (χ2v) is 8.06. The number of benzene rings is 1. The Labute approximate surface area is 144 Å². The standard InChI is InChI=1S/C17H27N3O3S/c1-4-19(5-2)15-8-6-14(7-9-15)18-17(21)12-13-20(16-10-11-16)24(3,22)23/h6-9,16H,4-5,10-13H2,1-3H3,(H,18,21). The summed E-state index contributed by atoms with van der Waals surface area (Å²) in [7, 11) is -3.24. The van der Waals surface area contributed by atoms with E-state index in [1.165, 1.54) is 10.6 Å². The highest BCUT2D eigenvalue weighted by molar-refractivity contribution is 7.88. The van der Waals surface area contributed by atoms with E-state index >= 15 is 0 Å². The lowest BCUT2D eigenvalue weighted by Gasteiger charge is -2.21. The molecule has 0 unspecified atom stereocenters. The van der Waals surface area contributed by atoms with E-state index in [4.69, 9.17) is 0 Å². The molecule has 0 heterocycles.